The van der Waals surface area contributed by atoms with Crippen molar-refractivity contribution in [1.82, 2.24) is 0 Å². The number of benzene rings is 1. The lowest BCUT2D eigenvalue weighted by Gasteiger charge is -2.08. The number of carbonyl (C=O) groups is 2. The molecule has 1 atom stereocenters. The SMILES string of the molecule is CC(=O)CC(C)C(=O)c1ccc(F)c(C#N)c1. The van der Waals surface area contributed by atoms with Crippen LogP contribution in [0.25, 0.3) is 0 Å². The molecule has 0 radical (unpaired) electrons. The summed E-state index contributed by atoms with van der Waals surface area (Å²) < 4.78 is 13.1. The normalized spacial score (nSPS) is 11.6. The maximum Gasteiger partial charge on any atom is 0.166 e. The molecule has 1 aromatic rings. The van der Waals surface area contributed by atoms with Crippen LogP contribution in [0.1, 0.15) is 36.2 Å². The summed E-state index contributed by atoms with van der Waals surface area (Å²) in [6.07, 6.45) is 0.151. The van der Waals surface area contributed by atoms with Crippen molar-refractivity contribution in [2.24, 2.45) is 5.92 Å². The van der Waals surface area contributed by atoms with Crippen LogP contribution in [-0.4, -0.2) is 11.6 Å². The zero-order chi connectivity index (χ0) is 13.0. The summed E-state index contributed by atoms with van der Waals surface area (Å²) in [5.74, 6) is -1.43. The molecule has 0 aromatic heterocycles. The molecule has 0 aliphatic rings. The lowest BCUT2D eigenvalue weighted by atomic mass is 9.94. The van der Waals surface area contributed by atoms with Crippen molar-refractivity contribution in [3.05, 3.63) is 35.1 Å². The minimum absolute atomic E-state index is 0.0755. The average molecular weight is 233 g/mol. The number of rotatable bonds is 4. The van der Waals surface area contributed by atoms with Gasteiger partial charge in [0.1, 0.15) is 17.7 Å². The second kappa shape index (κ2) is 5.35. The van der Waals surface area contributed by atoms with Crippen molar-refractivity contribution < 1.29 is 14.0 Å². The van der Waals surface area contributed by atoms with E-state index in [9.17, 15) is 14.0 Å². The van der Waals surface area contributed by atoms with Crippen molar-refractivity contribution in [2.45, 2.75) is 20.3 Å². The molecule has 0 bridgehead atoms. The number of halogens is 1. The minimum Gasteiger partial charge on any atom is -0.300 e. The average Bonchev–Trinajstić information content (AvgIpc) is 2.27. The molecule has 0 N–H and O–H groups in total. The fourth-order valence-corrected chi connectivity index (χ4v) is 1.57. The molecular formula is C13H12FNO2. The fraction of sp³-hybridized carbons (Fsp3) is 0.308. The van der Waals surface area contributed by atoms with Gasteiger partial charge in [-0.1, -0.05) is 6.92 Å². The lowest BCUT2D eigenvalue weighted by molar-refractivity contribution is -0.117. The molecule has 4 heteroatoms. The van der Waals surface area contributed by atoms with Crippen LogP contribution in [-0.2, 0) is 4.79 Å². The summed E-state index contributed by atoms with van der Waals surface area (Å²) in [5.41, 5.74) is 0.0996. The second-order valence-electron chi connectivity index (χ2n) is 3.98. The predicted octanol–water partition coefficient (Wildman–Crippen LogP) is 2.50. The maximum absolute atomic E-state index is 13.1. The molecule has 0 aliphatic carbocycles. The van der Waals surface area contributed by atoms with Crippen molar-refractivity contribution in [2.75, 3.05) is 0 Å². The van der Waals surface area contributed by atoms with E-state index in [4.69, 9.17) is 5.26 Å². The first-order valence-electron chi connectivity index (χ1n) is 5.19. The van der Waals surface area contributed by atoms with Crippen LogP contribution in [0.3, 0.4) is 0 Å². The van der Waals surface area contributed by atoms with Gasteiger partial charge in [0.05, 0.1) is 5.56 Å². The second-order valence-corrected chi connectivity index (χ2v) is 3.98. The van der Waals surface area contributed by atoms with Crippen molar-refractivity contribution >= 4 is 11.6 Å². The number of carbonyl (C=O) groups excluding carboxylic acids is 2. The van der Waals surface area contributed by atoms with E-state index in [2.05, 4.69) is 0 Å². The molecule has 1 unspecified atom stereocenters. The van der Waals surface area contributed by atoms with Crippen LogP contribution in [0.2, 0.25) is 0 Å². The van der Waals surface area contributed by atoms with E-state index < -0.39 is 11.7 Å². The molecule has 0 fully saturated rings. The molecule has 0 spiro atoms. The van der Waals surface area contributed by atoms with Crippen LogP contribution >= 0.6 is 0 Å². The van der Waals surface area contributed by atoms with E-state index in [0.29, 0.717) is 0 Å². The predicted molar refractivity (Wildman–Crippen MR) is 59.9 cm³/mol. The molecule has 88 valence electrons. The fourth-order valence-electron chi connectivity index (χ4n) is 1.57. The molecule has 0 heterocycles. The summed E-state index contributed by atoms with van der Waals surface area (Å²) in [7, 11) is 0. The van der Waals surface area contributed by atoms with Crippen molar-refractivity contribution in [3.63, 3.8) is 0 Å². The summed E-state index contributed by atoms with van der Waals surface area (Å²) >= 11 is 0. The van der Waals surface area contributed by atoms with Gasteiger partial charge in [0.15, 0.2) is 5.78 Å². The molecule has 1 rings (SSSR count). The molecule has 0 saturated carbocycles. The van der Waals surface area contributed by atoms with Crippen LogP contribution in [0.5, 0.6) is 0 Å². The number of nitrogens with zero attached hydrogens (tertiary/aromatic N) is 1. The quantitative estimate of drug-likeness (QED) is 0.751. The van der Waals surface area contributed by atoms with Gasteiger partial charge < -0.3 is 4.79 Å². The Hall–Kier alpha value is -2.02. The maximum atomic E-state index is 13.1. The van der Waals surface area contributed by atoms with Crippen LogP contribution in [0.15, 0.2) is 18.2 Å². The topological polar surface area (TPSA) is 57.9 Å². The largest absolute Gasteiger partial charge is 0.300 e. The van der Waals surface area contributed by atoms with Gasteiger partial charge >= 0.3 is 0 Å². The van der Waals surface area contributed by atoms with Gasteiger partial charge in [0, 0.05) is 17.9 Å². The highest BCUT2D eigenvalue weighted by Crippen LogP contribution is 2.15. The van der Waals surface area contributed by atoms with E-state index in [-0.39, 0.29) is 29.1 Å². The monoisotopic (exact) mass is 233 g/mol. The Morgan fingerprint density at radius 1 is 1.47 bits per heavy atom. The number of ketones is 2. The third-order valence-electron chi connectivity index (χ3n) is 2.41. The first-order valence-corrected chi connectivity index (χ1v) is 5.19. The van der Waals surface area contributed by atoms with Gasteiger partial charge in [-0.15, -0.1) is 0 Å². The molecule has 0 saturated heterocycles. The van der Waals surface area contributed by atoms with Gasteiger partial charge in [-0.3, -0.25) is 4.79 Å². The standard InChI is InChI=1S/C13H12FNO2/c1-8(5-9(2)16)13(17)10-3-4-12(14)11(6-10)7-15/h3-4,6,8H,5H2,1-2H3. The summed E-state index contributed by atoms with van der Waals surface area (Å²) in [6.45, 7) is 3.05. The first-order chi connectivity index (χ1) is 7.95. The van der Waals surface area contributed by atoms with E-state index in [1.54, 1.807) is 13.0 Å². The Morgan fingerprint density at radius 2 is 2.12 bits per heavy atom. The highest BCUT2D eigenvalue weighted by molar-refractivity contribution is 5.99. The molecule has 3 nitrogen and oxygen atoms in total. The van der Waals surface area contributed by atoms with Gasteiger partial charge in [-0.05, 0) is 25.1 Å². The molecule has 0 aliphatic heterocycles. The van der Waals surface area contributed by atoms with Crippen LogP contribution in [0.4, 0.5) is 4.39 Å². The number of hydrogen-bond donors (Lipinski definition) is 0. The highest BCUT2D eigenvalue weighted by Gasteiger charge is 2.18. The summed E-state index contributed by atoms with van der Waals surface area (Å²) in [5, 5.41) is 8.65. The van der Waals surface area contributed by atoms with Gasteiger partial charge in [-0.2, -0.15) is 5.26 Å². The Balaban J connectivity index is 2.97. The third kappa shape index (κ3) is 3.22. The van der Waals surface area contributed by atoms with Gasteiger partial charge in [0.2, 0.25) is 0 Å². The van der Waals surface area contributed by atoms with Gasteiger partial charge in [-0.25, -0.2) is 4.39 Å². The molecule has 17 heavy (non-hydrogen) atoms. The van der Waals surface area contributed by atoms with E-state index in [1.807, 2.05) is 0 Å². The zero-order valence-corrected chi connectivity index (χ0v) is 9.66. The number of nitriles is 1. The third-order valence-corrected chi connectivity index (χ3v) is 2.41. The molecule has 1 aromatic carbocycles. The van der Waals surface area contributed by atoms with Crippen LogP contribution < -0.4 is 0 Å². The van der Waals surface area contributed by atoms with Crippen molar-refractivity contribution in [3.8, 4) is 6.07 Å². The highest BCUT2D eigenvalue weighted by atomic mass is 19.1. The van der Waals surface area contributed by atoms with Gasteiger partial charge in [0.25, 0.3) is 0 Å². The minimum atomic E-state index is -0.650. The first kappa shape index (κ1) is 13.0. The van der Waals surface area contributed by atoms with E-state index in [1.165, 1.54) is 19.1 Å². The van der Waals surface area contributed by atoms with E-state index >= 15 is 0 Å². The Morgan fingerprint density at radius 3 is 2.65 bits per heavy atom. The smallest absolute Gasteiger partial charge is 0.166 e. The van der Waals surface area contributed by atoms with Crippen LogP contribution in [0, 0.1) is 23.1 Å². The molecule has 0 amide bonds. The number of hydrogen-bond acceptors (Lipinski definition) is 3. The van der Waals surface area contributed by atoms with Crippen molar-refractivity contribution in [1.29, 1.82) is 5.26 Å². The Bertz CT molecular complexity index is 503. The summed E-state index contributed by atoms with van der Waals surface area (Å²) in [6, 6.07) is 5.31. The number of Topliss-reactive ketones (excluding diaryl/α,β-unsaturated/α-hetero) is 2. The Kier molecular flexibility index (Phi) is 4.11. The zero-order valence-electron chi connectivity index (χ0n) is 9.66. The lowest BCUT2D eigenvalue weighted by Crippen LogP contribution is -2.14. The Labute approximate surface area is 98.9 Å². The van der Waals surface area contributed by atoms with E-state index in [0.717, 1.165) is 6.07 Å². The molecular weight excluding hydrogens is 221 g/mol. The summed E-state index contributed by atoms with van der Waals surface area (Å²) in [4.78, 5) is 22.8.